The molecule has 1 aliphatic heterocycles. The molecule has 0 spiro atoms. The molecule has 22 heavy (non-hydrogen) atoms. The van der Waals surface area contributed by atoms with Crippen LogP contribution in [0.2, 0.25) is 0 Å². The van der Waals surface area contributed by atoms with Gasteiger partial charge in [0.05, 0.1) is 25.0 Å². The van der Waals surface area contributed by atoms with Gasteiger partial charge in [-0.25, -0.2) is 4.98 Å². The predicted molar refractivity (Wildman–Crippen MR) is 82.4 cm³/mol. The lowest BCUT2D eigenvalue weighted by molar-refractivity contribution is 0.351. The van der Waals surface area contributed by atoms with Gasteiger partial charge in [0.25, 0.3) is 0 Å². The van der Waals surface area contributed by atoms with Crippen LogP contribution >= 0.6 is 0 Å². The Balaban J connectivity index is 1.46. The first-order chi connectivity index (χ1) is 10.8. The van der Waals surface area contributed by atoms with E-state index in [4.69, 9.17) is 8.94 Å². The number of nitrogens with zero attached hydrogens (tertiary/aromatic N) is 2. The molecule has 0 amide bonds. The van der Waals surface area contributed by atoms with Crippen LogP contribution in [-0.4, -0.2) is 23.2 Å². The molecule has 6 heteroatoms. The molecule has 1 saturated heterocycles. The molecule has 0 radical (unpaired) electrons. The third kappa shape index (κ3) is 3.96. The number of aromatic nitrogens is 2. The quantitative estimate of drug-likeness (QED) is 0.818. The van der Waals surface area contributed by atoms with Crippen LogP contribution in [-0.2, 0) is 19.5 Å². The summed E-state index contributed by atoms with van der Waals surface area (Å²) < 4.78 is 11.1. The Hall–Kier alpha value is -1.66. The summed E-state index contributed by atoms with van der Waals surface area (Å²) >= 11 is 0. The van der Waals surface area contributed by atoms with Crippen molar-refractivity contribution in [3.05, 3.63) is 35.4 Å². The minimum absolute atomic E-state index is 0.532. The molecule has 3 heterocycles. The van der Waals surface area contributed by atoms with Gasteiger partial charge in [0.1, 0.15) is 5.76 Å². The zero-order chi connectivity index (χ0) is 15.2. The van der Waals surface area contributed by atoms with Gasteiger partial charge in [-0.15, -0.1) is 0 Å². The van der Waals surface area contributed by atoms with Gasteiger partial charge in [-0.1, -0.05) is 12.1 Å². The van der Waals surface area contributed by atoms with Crippen LogP contribution in [0.25, 0.3) is 0 Å². The maximum Gasteiger partial charge on any atom is 0.194 e. The molecule has 0 aliphatic carbocycles. The second kappa shape index (κ2) is 7.56. The van der Waals surface area contributed by atoms with Crippen LogP contribution in [0.3, 0.4) is 0 Å². The third-order valence-electron chi connectivity index (χ3n) is 4.00. The molecule has 3 rings (SSSR count). The van der Waals surface area contributed by atoms with E-state index in [0.29, 0.717) is 19.0 Å². The van der Waals surface area contributed by atoms with Crippen molar-refractivity contribution in [1.82, 2.24) is 20.8 Å². The molecular weight excluding hydrogens is 280 g/mol. The molecule has 0 atom stereocenters. The fourth-order valence-electron chi connectivity index (χ4n) is 2.79. The lowest BCUT2D eigenvalue weighted by Gasteiger charge is -2.19. The van der Waals surface area contributed by atoms with E-state index in [9.17, 15) is 0 Å². The van der Waals surface area contributed by atoms with Gasteiger partial charge >= 0.3 is 0 Å². The van der Waals surface area contributed by atoms with E-state index < -0.39 is 0 Å². The highest BCUT2D eigenvalue weighted by Crippen LogP contribution is 2.24. The highest BCUT2D eigenvalue weighted by molar-refractivity contribution is 5.11. The summed E-state index contributed by atoms with van der Waals surface area (Å²) in [4.78, 5) is 4.25. The highest BCUT2D eigenvalue weighted by Gasteiger charge is 2.18. The molecule has 0 aromatic carbocycles. The van der Waals surface area contributed by atoms with Crippen LogP contribution in [0, 0.1) is 0 Å². The van der Waals surface area contributed by atoms with Gasteiger partial charge in [0.2, 0.25) is 0 Å². The van der Waals surface area contributed by atoms with Gasteiger partial charge < -0.3 is 19.6 Å². The Kier molecular flexibility index (Phi) is 5.24. The van der Waals surface area contributed by atoms with Crippen molar-refractivity contribution in [2.75, 3.05) is 13.1 Å². The lowest BCUT2D eigenvalue weighted by atomic mass is 9.95. The first kappa shape index (κ1) is 15.2. The van der Waals surface area contributed by atoms with E-state index >= 15 is 0 Å². The standard InChI is InChI=1S/C16H24N4O2/c1-2-3-16-19-11-14(21-16)10-18-9-13-8-15(20-22-13)12-4-6-17-7-5-12/h8,11-12,17-18H,2-7,9-10H2,1H3. The Morgan fingerprint density at radius 1 is 1.27 bits per heavy atom. The van der Waals surface area contributed by atoms with Crippen molar-refractivity contribution in [1.29, 1.82) is 0 Å². The van der Waals surface area contributed by atoms with E-state index in [1.807, 2.05) is 0 Å². The largest absolute Gasteiger partial charge is 0.444 e. The maximum atomic E-state index is 5.64. The zero-order valence-corrected chi connectivity index (χ0v) is 13.1. The molecule has 1 fully saturated rings. The number of piperidine rings is 1. The minimum Gasteiger partial charge on any atom is -0.444 e. The Labute approximate surface area is 130 Å². The topological polar surface area (TPSA) is 76.1 Å². The van der Waals surface area contributed by atoms with E-state index in [1.54, 1.807) is 6.20 Å². The predicted octanol–water partition coefficient (Wildman–Crippen LogP) is 2.37. The minimum atomic E-state index is 0.532. The smallest absolute Gasteiger partial charge is 0.194 e. The Bertz CT molecular complexity index is 572. The van der Waals surface area contributed by atoms with Gasteiger partial charge in [0, 0.05) is 18.4 Å². The molecule has 120 valence electrons. The van der Waals surface area contributed by atoms with E-state index in [1.165, 1.54) is 0 Å². The molecule has 0 saturated carbocycles. The summed E-state index contributed by atoms with van der Waals surface area (Å²) in [5.74, 6) is 3.08. The Morgan fingerprint density at radius 3 is 2.91 bits per heavy atom. The number of aryl methyl sites for hydroxylation is 1. The maximum absolute atomic E-state index is 5.64. The van der Waals surface area contributed by atoms with Gasteiger partial charge in [-0.2, -0.15) is 0 Å². The average molecular weight is 304 g/mol. The van der Waals surface area contributed by atoms with Crippen LogP contribution in [0.15, 0.2) is 21.2 Å². The van der Waals surface area contributed by atoms with Crippen molar-refractivity contribution in [3.63, 3.8) is 0 Å². The lowest BCUT2D eigenvalue weighted by Crippen LogP contribution is -2.26. The van der Waals surface area contributed by atoms with Crippen LogP contribution in [0.1, 0.15) is 55.2 Å². The second-order valence-corrected chi connectivity index (χ2v) is 5.82. The summed E-state index contributed by atoms with van der Waals surface area (Å²) in [5, 5.41) is 10.9. The molecule has 6 nitrogen and oxygen atoms in total. The molecule has 2 N–H and O–H groups in total. The Morgan fingerprint density at radius 2 is 2.09 bits per heavy atom. The number of oxazole rings is 1. The van der Waals surface area contributed by atoms with Crippen LogP contribution in [0.5, 0.6) is 0 Å². The monoisotopic (exact) mass is 304 g/mol. The van der Waals surface area contributed by atoms with E-state index in [2.05, 4.69) is 33.8 Å². The normalized spacial score (nSPS) is 16.2. The number of hydrogen-bond acceptors (Lipinski definition) is 6. The molecule has 0 unspecified atom stereocenters. The number of rotatable bonds is 7. The van der Waals surface area contributed by atoms with Crippen LogP contribution < -0.4 is 10.6 Å². The van der Waals surface area contributed by atoms with Crippen molar-refractivity contribution < 1.29 is 8.94 Å². The molecule has 1 aliphatic rings. The summed E-state index contributed by atoms with van der Waals surface area (Å²) in [6.45, 7) is 5.56. The zero-order valence-electron chi connectivity index (χ0n) is 13.1. The van der Waals surface area contributed by atoms with Gasteiger partial charge in [-0.05, 0) is 32.4 Å². The summed E-state index contributed by atoms with van der Waals surface area (Å²) in [5.41, 5.74) is 1.09. The van der Waals surface area contributed by atoms with Gasteiger partial charge in [0.15, 0.2) is 11.7 Å². The fraction of sp³-hybridized carbons (Fsp3) is 0.625. The van der Waals surface area contributed by atoms with Gasteiger partial charge in [-0.3, -0.25) is 0 Å². The first-order valence-electron chi connectivity index (χ1n) is 8.15. The molecule has 2 aromatic rings. The van der Waals surface area contributed by atoms with Crippen molar-refractivity contribution in [3.8, 4) is 0 Å². The number of nitrogens with one attached hydrogen (secondary N) is 2. The van der Waals surface area contributed by atoms with Crippen molar-refractivity contribution in [2.24, 2.45) is 0 Å². The highest BCUT2D eigenvalue weighted by atomic mass is 16.5. The van der Waals surface area contributed by atoms with E-state index in [0.717, 1.165) is 61.9 Å². The summed E-state index contributed by atoms with van der Waals surface area (Å²) in [6.07, 6.45) is 6.00. The first-order valence-corrected chi connectivity index (χ1v) is 8.15. The third-order valence-corrected chi connectivity index (χ3v) is 4.00. The van der Waals surface area contributed by atoms with Crippen molar-refractivity contribution >= 4 is 0 Å². The summed E-state index contributed by atoms with van der Waals surface area (Å²) in [7, 11) is 0. The molecule has 2 aromatic heterocycles. The van der Waals surface area contributed by atoms with Crippen molar-refractivity contribution in [2.45, 2.75) is 51.6 Å². The number of hydrogen-bond donors (Lipinski definition) is 2. The van der Waals surface area contributed by atoms with Crippen LogP contribution in [0.4, 0.5) is 0 Å². The fourth-order valence-corrected chi connectivity index (χ4v) is 2.79. The molecule has 0 bridgehead atoms. The second-order valence-electron chi connectivity index (χ2n) is 5.82. The molecular formula is C16H24N4O2. The average Bonchev–Trinajstić information content (AvgIpc) is 3.19. The van der Waals surface area contributed by atoms with E-state index in [-0.39, 0.29) is 0 Å². The summed E-state index contributed by atoms with van der Waals surface area (Å²) in [6, 6.07) is 2.08. The SMILES string of the molecule is CCCc1ncc(CNCc2cc(C3CCNCC3)no2)o1.